The van der Waals surface area contributed by atoms with Crippen molar-refractivity contribution in [2.75, 3.05) is 5.73 Å². The van der Waals surface area contributed by atoms with Crippen LogP contribution in [0, 0.1) is 0 Å². The average molecular weight is 273 g/mol. The Bertz CT molecular complexity index is 430. The minimum absolute atomic E-state index is 0.405. The van der Waals surface area contributed by atoms with Crippen molar-refractivity contribution >= 4 is 33.5 Å². The highest BCUT2D eigenvalue weighted by Crippen LogP contribution is 2.31. The Balaban J connectivity index is 2.29. The number of nitrogens with one attached hydrogen (secondary N) is 1. The van der Waals surface area contributed by atoms with Crippen LogP contribution < -0.4 is 5.73 Å². The van der Waals surface area contributed by atoms with Gasteiger partial charge < -0.3 is 5.73 Å². The van der Waals surface area contributed by atoms with Crippen molar-refractivity contribution in [1.82, 2.24) is 25.1 Å². The first-order valence-corrected chi connectivity index (χ1v) is 5.17. The summed E-state index contributed by atoms with van der Waals surface area (Å²) in [7, 11) is 0. The molecule has 0 aromatic carbocycles. The molecule has 0 aliphatic carbocycles. The highest BCUT2D eigenvalue weighted by molar-refractivity contribution is 9.10. The van der Waals surface area contributed by atoms with Crippen LogP contribution in [0.4, 0.5) is 5.82 Å². The number of halogens is 1. The number of aromatic nitrogens is 5. The van der Waals surface area contributed by atoms with Crippen LogP contribution in [0.3, 0.4) is 0 Å². The Morgan fingerprint density at radius 1 is 1.29 bits per heavy atom. The maximum absolute atomic E-state index is 5.59. The molecule has 0 amide bonds. The second-order valence-corrected chi connectivity index (χ2v) is 4.04. The van der Waals surface area contributed by atoms with Crippen LogP contribution in [0.5, 0.6) is 0 Å². The molecule has 2 aromatic rings. The van der Waals surface area contributed by atoms with E-state index in [2.05, 4.69) is 41.1 Å². The number of nitrogens with two attached hydrogens (primary N) is 1. The lowest BCUT2D eigenvalue weighted by Crippen LogP contribution is -1.94. The van der Waals surface area contributed by atoms with Gasteiger partial charge in [-0.15, -0.1) is 0 Å². The normalized spacial score (nSPS) is 10.4. The van der Waals surface area contributed by atoms with Crippen molar-refractivity contribution < 1.29 is 0 Å². The molecule has 2 aromatic heterocycles. The summed E-state index contributed by atoms with van der Waals surface area (Å²) in [6, 6.07) is 0. The quantitative estimate of drug-likeness (QED) is 0.795. The fourth-order valence-corrected chi connectivity index (χ4v) is 1.90. The van der Waals surface area contributed by atoms with Crippen LogP contribution in [0.15, 0.2) is 27.3 Å². The van der Waals surface area contributed by atoms with Crippen LogP contribution in [0.2, 0.25) is 0 Å². The van der Waals surface area contributed by atoms with Gasteiger partial charge in [-0.05, 0) is 27.7 Å². The van der Waals surface area contributed by atoms with E-state index in [1.165, 1.54) is 24.4 Å². The predicted molar refractivity (Wildman–Crippen MR) is 54.7 cm³/mol. The number of hydrogen-bond donors (Lipinski definition) is 2. The molecule has 72 valence electrons. The molecule has 8 heteroatoms. The molecule has 0 atom stereocenters. The van der Waals surface area contributed by atoms with E-state index in [1.807, 2.05) is 0 Å². The summed E-state index contributed by atoms with van der Waals surface area (Å²) >= 11 is 4.62. The lowest BCUT2D eigenvalue weighted by molar-refractivity contribution is 0.960. The van der Waals surface area contributed by atoms with Gasteiger partial charge in [-0.1, -0.05) is 0 Å². The van der Waals surface area contributed by atoms with Gasteiger partial charge in [0.1, 0.15) is 23.5 Å². The molecule has 0 aliphatic heterocycles. The molecular formula is C6H5BrN6S. The van der Waals surface area contributed by atoms with E-state index in [9.17, 15) is 0 Å². The van der Waals surface area contributed by atoms with E-state index in [4.69, 9.17) is 5.73 Å². The van der Waals surface area contributed by atoms with Gasteiger partial charge in [-0.2, -0.15) is 5.10 Å². The van der Waals surface area contributed by atoms with E-state index < -0.39 is 0 Å². The van der Waals surface area contributed by atoms with E-state index in [0.717, 1.165) is 0 Å². The van der Waals surface area contributed by atoms with Crippen molar-refractivity contribution in [2.24, 2.45) is 0 Å². The lowest BCUT2D eigenvalue weighted by Gasteiger charge is -2.01. The van der Waals surface area contributed by atoms with E-state index >= 15 is 0 Å². The van der Waals surface area contributed by atoms with E-state index in [0.29, 0.717) is 20.5 Å². The third-order valence-electron chi connectivity index (χ3n) is 1.37. The minimum atomic E-state index is 0.405. The molecular weight excluding hydrogens is 268 g/mol. The molecule has 0 aliphatic rings. The van der Waals surface area contributed by atoms with E-state index in [-0.39, 0.29) is 0 Å². The maximum Gasteiger partial charge on any atom is 0.189 e. The zero-order chi connectivity index (χ0) is 9.97. The summed E-state index contributed by atoms with van der Waals surface area (Å²) in [5.74, 6) is 0.405. The van der Waals surface area contributed by atoms with Gasteiger partial charge in [0.25, 0.3) is 0 Å². The Morgan fingerprint density at radius 3 is 2.86 bits per heavy atom. The smallest absolute Gasteiger partial charge is 0.189 e. The number of hydrogen-bond acceptors (Lipinski definition) is 6. The highest BCUT2D eigenvalue weighted by atomic mass is 79.9. The molecule has 0 bridgehead atoms. The summed E-state index contributed by atoms with van der Waals surface area (Å²) in [5.41, 5.74) is 5.59. The molecule has 0 saturated heterocycles. The van der Waals surface area contributed by atoms with Gasteiger partial charge in [0.15, 0.2) is 5.16 Å². The summed E-state index contributed by atoms with van der Waals surface area (Å²) in [6.07, 6.45) is 2.83. The zero-order valence-corrected chi connectivity index (χ0v) is 9.21. The first-order chi connectivity index (χ1) is 6.77. The monoisotopic (exact) mass is 272 g/mol. The predicted octanol–water partition coefficient (Wildman–Crippen LogP) is 1.09. The van der Waals surface area contributed by atoms with Crippen molar-refractivity contribution in [3.63, 3.8) is 0 Å². The number of nitrogen functional groups attached to an aromatic ring is 1. The second-order valence-electron chi connectivity index (χ2n) is 2.27. The fourth-order valence-electron chi connectivity index (χ4n) is 0.773. The third kappa shape index (κ3) is 1.85. The maximum atomic E-state index is 5.59. The van der Waals surface area contributed by atoms with Crippen LogP contribution in [0.25, 0.3) is 0 Å². The molecule has 6 nitrogen and oxygen atoms in total. The molecule has 0 spiro atoms. The number of rotatable bonds is 2. The van der Waals surface area contributed by atoms with Gasteiger partial charge >= 0.3 is 0 Å². The first kappa shape index (κ1) is 9.41. The van der Waals surface area contributed by atoms with Gasteiger partial charge in [-0.25, -0.2) is 15.0 Å². The van der Waals surface area contributed by atoms with Crippen LogP contribution >= 0.6 is 27.7 Å². The number of nitrogens with zero attached hydrogens (tertiary/aromatic N) is 4. The van der Waals surface area contributed by atoms with Gasteiger partial charge in [0.05, 0.1) is 4.47 Å². The Labute approximate surface area is 91.9 Å². The van der Waals surface area contributed by atoms with Crippen LogP contribution in [-0.4, -0.2) is 25.1 Å². The van der Waals surface area contributed by atoms with Crippen molar-refractivity contribution in [3.05, 3.63) is 17.1 Å². The molecule has 0 unspecified atom stereocenters. The fraction of sp³-hybridized carbons (Fsp3) is 0. The number of H-pyrrole nitrogens is 1. The number of anilines is 1. The lowest BCUT2D eigenvalue weighted by atomic mass is 10.6. The Morgan fingerprint density at radius 2 is 2.14 bits per heavy atom. The van der Waals surface area contributed by atoms with Gasteiger partial charge in [0, 0.05) is 0 Å². The summed E-state index contributed by atoms with van der Waals surface area (Å²) in [4.78, 5) is 11.8. The van der Waals surface area contributed by atoms with Crippen molar-refractivity contribution in [2.45, 2.75) is 10.2 Å². The highest BCUT2D eigenvalue weighted by Gasteiger charge is 2.08. The second kappa shape index (κ2) is 3.93. The minimum Gasteiger partial charge on any atom is -0.383 e. The van der Waals surface area contributed by atoms with E-state index in [1.54, 1.807) is 0 Å². The van der Waals surface area contributed by atoms with Gasteiger partial charge in [0.2, 0.25) is 0 Å². The molecule has 0 saturated carbocycles. The molecule has 14 heavy (non-hydrogen) atoms. The molecule has 2 heterocycles. The Hall–Kier alpha value is -1.15. The molecule has 3 N–H and O–H groups in total. The first-order valence-electron chi connectivity index (χ1n) is 3.56. The topological polar surface area (TPSA) is 93.4 Å². The average Bonchev–Trinajstić information content (AvgIpc) is 2.66. The van der Waals surface area contributed by atoms with Crippen LogP contribution in [0.1, 0.15) is 0 Å². The SMILES string of the molecule is Nc1ncnc(Sc2ncn[nH]2)c1Br. The largest absolute Gasteiger partial charge is 0.383 e. The summed E-state index contributed by atoms with van der Waals surface area (Å²) < 4.78 is 0.668. The zero-order valence-electron chi connectivity index (χ0n) is 6.81. The third-order valence-corrected chi connectivity index (χ3v) is 3.31. The molecule has 2 rings (SSSR count). The molecule has 0 fully saturated rings. The van der Waals surface area contributed by atoms with Crippen molar-refractivity contribution in [3.8, 4) is 0 Å². The summed E-state index contributed by atoms with van der Waals surface area (Å²) in [5, 5.41) is 7.79. The van der Waals surface area contributed by atoms with Crippen LogP contribution in [-0.2, 0) is 0 Å². The van der Waals surface area contributed by atoms with Gasteiger partial charge in [-0.3, -0.25) is 5.10 Å². The standard InChI is InChI=1S/C6H5BrN6S/c7-3-4(8)9-1-10-5(3)14-6-11-2-12-13-6/h1-2H,(H2,8,9,10)(H,11,12,13). The number of aromatic amines is 1. The Kier molecular flexibility index (Phi) is 2.64. The summed E-state index contributed by atoms with van der Waals surface area (Å²) in [6.45, 7) is 0. The van der Waals surface area contributed by atoms with Crippen molar-refractivity contribution in [1.29, 1.82) is 0 Å². The molecule has 0 radical (unpaired) electrons.